The van der Waals surface area contributed by atoms with Crippen LogP contribution in [0.15, 0.2) is 41.1 Å². The highest BCUT2D eigenvalue weighted by atomic mass is 16.4. The van der Waals surface area contributed by atoms with Crippen molar-refractivity contribution in [3.63, 3.8) is 0 Å². The zero-order valence-electron chi connectivity index (χ0n) is 9.05. The van der Waals surface area contributed by atoms with Crippen LogP contribution in [0.25, 0.3) is 0 Å². The number of aliphatic carboxylic acids is 1. The van der Waals surface area contributed by atoms with E-state index >= 15 is 0 Å². The lowest BCUT2D eigenvalue weighted by atomic mass is 9.89. The number of hydrogen-bond acceptors (Lipinski definition) is 3. The Balaban J connectivity index is 2.06. The molecule has 0 saturated carbocycles. The minimum atomic E-state index is -0.827. The van der Waals surface area contributed by atoms with Gasteiger partial charge >= 0.3 is 5.97 Å². The lowest BCUT2D eigenvalue weighted by Gasteiger charge is -2.17. The summed E-state index contributed by atoms with van der Waals surface area (Å²) in [7, 11) is 1.66. The third kappa shape index (κ3) is 1.97. The van der Waals surface area contributed by atoms with Crippen molar-refractivity contribution in [2.45, 2.75) is 12.5 Å². The Bertz CT molecular complexity index is 419. The van der Waals surface area contributed by atoms with Gasteiger partial charge in [-0.15, -0.1) is 0 Å². The van der Waals surface area contributed by atoms with Crippen molar-refractivity contribution in [2.75, 3.05) is 7.05 Å². The molecule has 16 heavy (non-hydrogen) atoms. The summed E-state index contributed by atoms with van der Waals surface area (Å²) in [5, 5.41) is 11.8. The van der Waals surface area contributed by atoms with Crippen LogP contribution in [-0.4, -0.2) is 29.9 Å². The average molecular weight is 218 g/mol. The van der Waals surface area contributed by atoms with Crippen LogP contribution in [0.3, 0.4) is 0 Å². The first-order valence-corrected chi connectivity index (χ1v) is 5.24. The normalized spacial score (nSPS) is 23.7. The van der Waals surface area contributed by atoms with Crippen LogP contribution in [0.2, 0.25) is 0 Å². The fourth-order valence-electron chi connectivity index (χ4n) is 1.93. The van der Waals surface area contributed by atoms with Crippen molar-refractivity contribution in [1.29, 1.82) is 0 Å². The van der Waals surface area contributed by atoms with Gasteiger partial charge in [0, 0.05) is 12.1 Å². The quantitative estimate of drug-likeness (QED) is 0.743. The number of carbonyl (C=O) groups is 1. The van der Waals surface area contributed by atoms with E-state index < -0.39 is 12.0 Å². The highest BCUT2D eigenvalue weighted by Crippen LogP contribution is 2.28. The molecule has 0 amide bonds. The lowest BCUT2D eigenvalue weighted by Crippen LogP contribution is -2.34. The molecule has 2 rings (SSSR count). The van der Waals surface area contributed by atoms with Crippen LogP contribution in [-0.2, 0) is 4.79 Å². The molecule has 0 aromatic heterocycles. The predicted molar refractivity (Wildman–Crippen MR) is 62.4 cm³/mol. The standard InChI is InChI=1S/C12H14N2O2/c1-13-11(12(15)16)6-8-7-14-10-5-3-2-4-9(8)10/h2-5,7,9,11,13H,6H2,1H3,(H,15,16). The van der Waals surface area contributed by atoms with E-state index in [-0.39, 0.29) is 5.92 Å². The molecule has 4 heteroatoms. The van der Waals surface area contributed by atoms with Crippen molar-refractivity contribution in [2.24, 2.45) is 10.9 Å². The molecule has 4 nitrogen and oxygen atoms in total. The van der Waals surface area contributed by atoms with Crippen LogP contribution < -0.4 is 5.32 Å². The zero-order valence-corrected chi connectivity index (χ0v) is 9.05. The number of likely N-dealkylation sites (N-methyl/N-ethyl adjacent to an activating group) is 1. The Morgan fingerprint density at radius 1 is 1.62 bits per heavy atom. The van der Waals surface area contributed by atoms with E-state index in [0.29, 0.717) is 6.42 Å². The Kier molecular flexibility index (Phi) is 3.01. The third-order valence-corrected chi connectivity index (χ3v) is 2.87. The maximum atomic E-state index is 10.9. The molecule has 1 aliphatic heterocycles. The van der Waals surface area contributed by atoms with Gasteiger partial charge in [0.2, 0.25) is 0 Å². The summed E-state index contributed by atoms with van der Waals surface area (Å²) >= 11 is 0. The number of hydrogen-bond donors (Lipinski definition) is 2. The number of carboxylic acid groups (broad SMARTS) is 1. The van der Waals surface area contributed by atoms with E-state index in [4.69, 9.17) is 5.11 Å². The summed E-state index contributed by atoms with van der Waals surface area (Å²) < 4.78 is 0. The number of allylic oxidation sites excluding steroid dienone is 4. The predicted octanol–water partition coefficient (Wildman–Crippen LogP) is 1.13. The molecule has 84 valence electrons. The molecule has 2 unspecified atom stereocenters. The van der Waals surface area contributed by atoms with Crippen LogP contribution in [0.1, 0.15) is 6.42 Å². The first-order valence-electron chi connectivity index (χ1n) is 5.24. The van der Waals surface area contributed by atoms with Crippen molar-refractivity contribution in [3.8, 4) is 0 Å². The van der Waals surface area contributed by atoms with Gasteiger partial charge in [0.15, 0.2) is 0 Å². The number of nitrogens with one attached hydrogen (secondary N) is 1. The highest BCUT2D eigenvalue weighted by Gasteiger charge is 2.26. The van der Waals surface area contributed by atoms with E-state index in [2.05, 4.69) is 10.3 Å². The molecule has 0 bridgehead atoms. The SMILES string of the molecule is CNC(CC1=CN=C2C=CC=CC12)C(=O)O. The molecule has 0 saturated heterocycles. The van der Waals surface area contributed by atoms with E-state index in [1.54, 1.807) is 13.2 Å². The Morgan fingerprint density at radius 2 is 2.44 bits per heavy atom. The number of carboxylic acids is 1. The number of aliphatic imine (C=N–C) groups is 1. The van der Waals surface area contributed by atoms with Crippen LogP contribution >= 0.6 is 0 Å². The molecule has 1 heterocycles. The molecular formula is C12H14N2O2. The molecule has 2 aliphatic rings. The fourth-order valence-corrected chi connectivity index (χ4v) is 1.93. The van der Waals surface area contributed by atoms with E-state index in [1.165, 1.54) is 0 Å². The summed E-state index contributed by atoms with van der Waals surface area (Å²) in [4.78, 5) is 15.2. The number of rotatable bonds is 4. The summed E-state index contributed by atoms with van der Waals surface area (Å²) in [6.45, 7) is 0. The topological polar surface area (TPSA) is 61.7 Å². The summed E-state index contributed by atoms with van der Waals surface area (Å²) in [5.74, 6) is -0.660. The van der Waals surface area contributed by atoms with Gasteiger partial charge in [-0.25, -0.2) is 0 Å². The van der Waals surface area contributed by atoms with Gasteiger partial charge < -0.3 is 10.4 Å². The Morgan fingerprint density at radius 3 is 3.12 bits per heavy atom. The zero-order chi connectivity index (χ0) is 11.5. The van der Waals surface area contributed by atoms with Gasteiger partial charge in [0.05, 0.1) is 5.71 Å². The molecule has 2 atom stereocenters. The maximum absolute atomic E-state index is 10.9. The third-order valence-electron chi connectivity index (χ3n) is 2.87. The molecule has 2 N–H and O–H groups in total. The second-order valence-corrected chi connectivity index (χ2v) is 3.86. The minimum absolute atomic E-state index is 0.167. The van der Waals surface area contributed by atoms with Crippen molar-refractivity contribution in [3.05, 3.63) is 36.1 Å². The van der Waals surface area contributed by atoms with E-state index in [9.17, 15) is 4.79 Å². The van der Waals surface area contributed by atoms with Gasteiger partial charge in [-0.3, -0.25) is 9.79 Å². The van der Waals surface area contributed by atoms with Crippen LogP contribution in [0.5, 0.6) is 0 Å². The molecule has 0 aromatic rings. The monoisotopic (exact) mass is 218 g/mol. The minimum Gasteiger partial charge on any atom is -0.480 e. The van der Waals surface area contributed by atoms with Gasteiger partial charge in [-0.2, -0.15) is 0 Å². The van der Waals surface area contributed by atoms with E-state index in [0.717, 1.165) is 11.3 Å². The largest absolute Gasteiger partial charge is 0.480 e. The second-order valence-electron chi connectivity index (χ2n) is 3.86. The molecule has 0 spiro atoms. The Hall–Kier alpha value is -1.68. The average Bonchev–Trinajstić information content (AvgIpc) is 2.69. The highest BCUT2D eigenvalue weighted by molar-refractivity contribution is 6.03. The first kappa shape index (κ1) is 10.8. The molecule has 0 radical (unpaired) electrons. The molecule has 1 aliphatic carbocycles. The number of fused-ring (bicyclic) bond motifs is 1. The molecule has 0 aromatic carbocycles. The van der Waals surface area contributed by atoms with Crippen molar-refractivity contribution >= 4 is 11.7 Å². The van der Waals surface area contributed by atoms with Crippen LogP contribution in [0, 0.1) is 5.92 Å². The van der Waals surface area contributed by atoms with Gasteiger partial charge in [0.25, 0.3) is 0 Å². The lowest BCUT2D eigenvalue weighted by molar-refractivity contribution is -0.139. The van der Waals surface area contributed by atoms with Crippen molar-refractivity contribution in [1.82, 2.24) is 5.32 Å². The first-order chi connectivity index (χ1) is 7.72. The summed E-state index contributed by atoms with van der Waals surface area (Å²) in [6.07, 6.45) is 10.2. The number of nitrogens with zero attached hydrogens (tertiary/aromatic N) is 1. The van der Waals surface area contributed by atoms with E-state index in [1.807, 2.05) is 24.3 Å². The smallest absolute Gasteiger partial charge is 0.321 e. The van der Waals surface area contributed by atoms with Crippen LogP contribution in [0.4, 0.5) is 0 Å². The maximum Gasteiger partial charge on any atom is 0.321 e. The van der Waals surface area contributed by atoms with Gasteiger partial charge in [0.1, 0.15) is 6.04 Å². The fraction of sp³-hybridized carbons (Fsp3) is 0.333. The summed E-state index contributed by atoms with van der Waals surface area (Å²) in [5.41, 5.74) is 2.05. The van der Waals surface area contributed by atoms with Gasteiger partial charge in [-0.1, -0.05) is 18.2 Å². The second kappa shape index (κ2) is 4.45. The van der Waals surface area contributed by atoms with Crippen molar-refractivity contribution < 1.29 is 9.90 Å². The molecule has 0 fully saturated rings. The van der Waals surface area contributed by atoms with Gasteiger partial charge in [-0.05, 0) is 25.1 Å². The molecular weight excluding hydrogens is 204 g/mol. The summed E-state index contributed by atoms with van der Waals surface area (Å²) in [6, 6.07) is -0.542. The Labute approximate surface area is 94.1 Å².